The molecule has 0 spiro atoms. The van der Waals surface area contributed by atoms with E-state index in [0.29, 0.717) is 0 Å². The van der Waals surface area contributed by atoms with Gasteiger partial charge in [0.15, 0.2) is 0 Å². The molecule has 6 heteroatoms. The third kappa shape index (κ3) is 4.30. The molecule has 3 heterocycles. The molecule has 0 bridgehead atoms. The lowest BCUT2D eigenvalue weighted by molar-refractivity contribution is 0.122. The second kappa shape index (κ2) is 7.98. The molecular weight excluding hydrogens is 370 g/mol. The van der Waals surface area contributed by atoms with Gasteiger partial charge in [-0.05, 0) is 18.2 Å². The van der Waals surface area contributed by atoms with Gasteiger partial charge in [0.05, 0.1) is 11.2 Å². The highest BCUT2D eigenvalue weighted by Gasteiger charge is 2.18. The van der Waals surface area contributed by atoms with Crippen molar-refractivity contribution in [2.45, 2.75) is 13.1 Å². The fraction of sp³-hybridized carbons (Fsp3) is 0.316. The standard InChI is InChI=1S/C19H20ClN3S2/c20-18-4-2-1-3-17(18)19-6-5-16(25-19)12-23-9-7-22(8-10-23)11-15-13-24-14-21-15/h1-6,13-14H,7-12H2. The Morgan fingerprint density at radius 3 is 2.44 bits per heavy atom. The molecule has 1 fully saturated rings. The summed E-state index contributed by atoms with van der Waals surface area (Å²) < 4.78 is 0. The SMILES string of the molecule is Clc1ccccc1-c1ccc(CN2CCN(Cc3cscn3)CC2)s1. The summed E-state index contributed by atoms with van der Waals surface area (Å²) in [6.07, 6.45) is 0. The Morgan fingerprint density at radius 1 is 0.960 bits per heavy atom. The van der Waals surface area contributed by atoms with Crippen molar-refractivity contribution in [3.8, 4) is 10.4 Å². The topological polar surface area (TPSA) is 19.4 Å². The molecule has 0 atom stereocenters. The molecule has 1 aromatic carbocycles. The summed E-state index contributed by atoms with van der Waals surface area (Å²) in [5.74, 6) is 0. The van der Waals surface area contributed by atoms with E-state index in [1.807, 2.05) is 35.0 Å². The molecule has 25 heavy (non-hydrogen) atoms. The normalized spacial score (nSPS) is 16.4. The van der Waals surface area contributed by atoms with E-state index in [0.717, 1.165) is 49.9 Å². The summed E-state index contributed by atoms with van der Waals surface area (Å²) in [6, 6.07) is 12.5. The van der Waals surface area contributed by atoms with Crippen LogP contribution >= 0.6 is 34.3 Å². The van der Waals surface area contributed by atoms with Gasteiger partial charge in [0.1, 0.15) is 0 Å². The zero-order chi connectivity index (χ0) is 17.1. The van der Waals surface area contributed by atoms with E-state index in [1.54, 1.807) is 11.3 Å². The highest BCUT2D eigenvalue weighted by Crippen LogP contribution is 2.33. The highest BCUT2D eigenvalue weighted by molar-refractivity contribution is 7.15. The Kier molecular flexibility index (Phi) is 5.48. The first-order valence-corrected chi connectivity index (χ1v) is 10.6. The van der Waals surface area contributed by atoms with Gasteiger partial charge in [-0.1, -0.05) is 29.8 Å². The number of thiophene rings is 1. The van der Waals surface area contributed by atoms with Crippen LogP contribution in [0.2, 0.25) is 5.02 Å². The van der Waals surface area contributed by atoms with Gasteiger partial charge in [0, 0.05) is 65.0 Å². The van der Waals surface area contributed by atoms with Gasteiger partial charge in [0.25, 0.3) is 0 Å². The molecule has 0 unspecified atom stereocenters. The smallest absolute Gasteiger partial charge is 0.0795 e. The zero-order valence-electron chi connectivity index (χ0n) is 13.9. The van der Waals surface area contributed by atoms with Gasteiger partial charge in [-0.3, -0.25) is 9.80 Å². The third-order valence-electron chi connectivity index (χ3n) is 4.51. The lowest BCUT2D eigenvalue weighted by Crippen LogP contribution is -2.45. The van der Waals surface area contributed by atoms with Crippen LogP contribution in [0.1, 0.15) is 10.6 Å². The van der Waals surface area contributed by atoms with E-state index in [1.165, 1.54) is 15.4 Å². The first-order chi connectivity index (χ1) is 12.3. The van der Waals surface area contributed by atoms with Crippen LogP contribution in [-0.4, -0.2) is 41.0 Å². The Balaban J connectivity index is 1.32. The Morgan fingerprint density at radius 2 is 1.72 bits per heavy atom. The van der Waals surface area contributed by atoms with E-state index in [9.17, 15) is 0 Å². The maximum Gasteiger partial charge on any atom is 0.0795 e. The van der Waals surface area contributed by atoms with Crippen LogP contribution in [0.25, 0.3) is 10.4 Å². The Labute approximate surface area is 161 Å². The van der Waals surface area contributed by atoms with Crippen LogP contribution in [0.4, 0.5) is 0 Å². The van der Waals surface area contributed by atoms with Gasteiger partial charge in [-0.15, -0.1) is 22.7 Å². The van der Waals surface area contributed by atoms with E-state index in [2.05, 4.69) is 38.4 Å². The number of thiazole rings is 1. The molecule has 1 aliphatic rings. The molecule has 1 saturated heterocycles. The van der Waals surface area contributed by atoms with Crippen molar-refractivity contribution < 1.29 is 0 Å². The number of benzene rings is 1. The van der Waals surface area contributed by atoms with Crippen LogP contribution in [0.15, 0.2) is 47.3 Å². The number of hydrogen-bond acceptors (Lipinski definition) is 5. The first kappa shape index (κ1) is 17.2. The van der Waals surface area contributed by atoms with Crippen molar-refractivity contribution in [1.29, 1.82) is 0 Å². The number of rotatable bonds is 5. The van der Waals surface area contributed by atoms with Crippen molar-refractivity contribution in [3.05, 3.63) is 62.9 Å². The molecule has 0 N–H and O–H groups in total. The molecule has 2 aromatic heterocycles. The molecule has 3 aromatic rings. The second-order valence-corrected chi connectivity index (χ2v) is 8.57. The van der Waals surface area contributed by atoms with Crippen molar-refractivity contribution in [2.75, 3.05) is 26.2 Å². The fourth-order valence-electron chi connectivity index (χ4n) is 3.14. The molecule has 0 amide bonds. The van der Waals surface area contributed by atoms with Crippen molar-refractivity contribution in [1.82, 2.24) is 14.8 Å². The molecule has 0 saturated carbocycles. The summed E-state index contributed by atoms with van der Waals surface area (Å²) in [6.45, 7) is 6.46. The van der Waals surface area contributed by atoms with Crippen molar-refractivity contribution in [3.63, 3.8) is 0 Å². The molecule has 0 radical (unpaired) electrons. The van der Waals surface area contributed by atoms with Crippen LogP contribution in [0.5, 0.6) is 0 Å². The zero-order valence-corrected chi connectivity index (χ0v) is 16.3. The first-order valence-electron chi connectivity index (χ1n) is 8.43. The number of nitrogens with zero attached hydrogens (tertiary/aromatic N) is 3. The predicted molar refractivity (Wildman–Crippen MR) is 107 cm³/mol. The van der Waals surface area contributed by atoms with Gasteiger partial charge in [-0.2, -0.15) is 0 Å². The molecule has 4 rings (SSSR count). The molecule has 130 valence electrons. The monoisotopic (exact) mass is 389 g/mol. The largest absolute Gasteiger partial charge is 0.296 e. The van der Waals surface area contributed by atoms with Crippen LogP contribution in [-0.2, 0) is 13.1 Å². The lowest BCUT2D eigenvalue weighted by Gasteiger charge is -2.34. The van der Waals surface area contributed by atoms with Crippen molar-refractivity contribution >= 4 is 34.3 Å². The van der Waals surface area contributed by atoms with Crippen LogP contribution in [0.3, 0.4) is 0 Å². The summed E-state index contributed by atoms with van der Waals surface area (Å²) in [5.41, 5.74) is 4.24. The van der Waals surface area contributed by atoms with E-state index >= 15 is 0 Å². The summed E-state index contributed by atoms with van der Waals surface area (Å²) in [5, 5.41) is 2.97. The molecular formula is C19H20ClN3S2. The van der Waals surface area contributed by atoms with Gasteiger partial charge < -0.3 is 0 Å². The van der Waals surface area contributed by atoms with Crippen molar-refractivity contribution in [2.24, 2.45) is 0 Å². The third-order valence-corrected chi connectivity index (χ3v) is 6.58. The highest BCUT2D eigenvalue weighted by atomic mass is 35.5. The van der Waals surface area contributed by atoms with Crippen LogP contribution < -0.4 is 0 Å². The van der Waals surface area contributed by atoms with E-state index in [-0.39, 0.29) is 0 Å². The van der Waals surface area contributed by atoms with E-state index < -0.39 is 0 Å². The quantitative estimate of drug-likeness (QED) is 0.622. The molecule has 0 aliphatic carbocycles. The Bertz CT molecular complexity index is 808. The minimum absolute atomic E-state index is 0.826. The summed E-state index contributed by atoms with van der Waals surface area (Å²) in [4.78, 5) is 12.1. The number of aromatic nitrogens is 1. The van der Waals surface area contributed by atoms with Gasteiger partial charge >= 0.3 is 0 Å². The predicted octanol–water partition coefficient (Wildman–Crippen LogP) is 4.84. The average Bonchev–Trinajstić information content (AvgIpc) is 3.29. The second-order valence-electron chi connectivity index (χ2n) is 6.28. The minimum Gasteiger partial charge on any atom is -0.296 e. The number of hydrogen-bond donors (Lipinski definition) is 0. The van der Waals surface area contributed by atoms with E-state index in [4.69, 9.17) is 11.6 Å². The molecule has 1 aliphatic heterocycles. The molecule has 3 nitrogen and oxygen atoms in total. The maximum absolute atomic E-state index is 6.32. The maximum atomic E-state index is 6.32. The Hall–Kier alpha value is -1.24. The number of piperazine rings is 1. The lowest BCUT2D eigenvalue weighted by atomic mass is 10.2. The summed E-state index contributed by atoms with van der Waals surface area (Å²) >= 11 is 9.85. The number of halogens is 1. The fourth-order valence-corrected chi connectivity index (χ4v) is 5.07. The summed E-state index contributed by atoms with van der Waals surface area (Å²) in [7, 11) is 0. The average molecular weight is 390 g/mol. The van der Waals surface area contributed by atoms with Gasteiger partial charge in [-0.25, -0.2) is 4.98 Å². The van der Waals surface area contributed by atoms with Gasteiger partial charge in [0.2, 0.25) is 0 Å². The minimum atomic E-state index is 0.826. The van der Waals surface area contributed by atoms with Crippen LogP contribution in [0, 0.1) is 0 Å².